The van der Waals surface area contributed by atoms with Crippen LogP contribution < -0.4 is 37.9 Å². The molecule has 448 valence electrons. The molecule has 0 aromatic carbocycles. The standard InChI is InChI=1S/C29H33N7O2.C10H11BrN4O.C6H5Br2NO.C4H5N3O2.C4H7N3.C2H6O.CH4/c1-6-20-21(19-11-22(27(37)34(5)15-19)32-25-16-33(4)17-31-25)7-8-30-26(20)36-10-9-35-23(28(36)38)12-18-13-29(2,3)14-24(18)35;1-14-5-9(12-6-14)13-8-3-7(11)4-15(2)10(8)16;1-9-3-4(7)2-5(8)6(9)10;1-6-2-4(5-3-6)7(8)9;1-7-2-4(5)6-3-7;1-2-3;/h7-8,11-12,15-17,32H,6,9-10,13-14H2,1-5H3;3-6,13H,1-2H3;2-3H,1H3;2-3H,1H3;2-3H,5H2,1H3;3H,2H2,1H3;1H4. The van der Waals surface area contributed by atoms with Gasteiger partial charge in [-0.3, -0.25) is 24.1 Å². The van der Waals surface area contributed by atoms with Crippen molar-refractivity contribution in [1.82, 2.24) is 61.5 Å². The van der Waals surface area contributed by atoms with Crippen LogP contribution in [-0.2, 0) is 75.1 Å². The van der Waals surface area contributed by atoms with E-state index in [1.54, 1.807) is 106 Å². The van der Waals surface area contributed by atoms with Crippen LogP contribution in [0.1, 0.15) is 62.4 Å². The first-order chi connectivity index (χ1) is 39.2. The largest absolute Gasteiger partial charge is 0.397 e. The maximum absolute atomic E-state index is 13.8. The van der Waals surface area contributed by atoms with Gasteiger partial charge in [0, 0.05) is 138 Å². The highest BCUT2D eigenvalue weighted by Crippen LogP contribution is 2.40. The van der Waals surface area contributed by atoms with Gasteiger partial charge in [-0.2, -0.15) is 0 Å². The number of pyridine rings is 4. The number of halogens is 3. The molecule has 0 saturated heterocycles. The number of nitrogens with zero attached hydrogens (tertiary/aromatic N) is 15. The summed E-state index contributed by atoms with van der Waals surface area (Å²) in [5.74, 6) is 2.40. The number of hydrogen-bond donors (Lipinski definition) is 4. The summed E-state index contributed by atoms with van der Waals surface area (Å²) < 4.78 is 16.1. The maximum Gasteiger partial charge on any atom is 0.381 e. The van der Waals surface area contributed by atoms with Crippen molar-refractivity contribution in [1.29, 1.82) is 0 Å². The van der Waals surface area contributed by atoms with Gasteiger partial charge in [0.2, 0.25) is 6.33 Å². The summed E-state index contributed by atoms with van der Waals surface area (Å²) in [7, 11) is 12.5. The number of aliphatic hydroxyl groups is 1. The number of imidazole rings is 4. The number of nitrogens with one attached hydrogen (secondary N) is 2. The summed E-state index contributed by atoms with van der Waals surface area (Å²) >= 11 is 9.73. The maximum atomic E-state index is 13.8. The summed E-state index contributed by atoms with van der Waals surface area (Å²) in [6, 6.07) is 9.36. The molecule has 9 aromatic heterocycles. The average Bonchev–Trinajstić information content (AvgIpc) is 2.97. The van der Waals surface area contributed by atoms with Gasteiger partial charge >= 0.3 is 5.82 Å². The van der Waals surface area contributed by atoms with Gasteiger partial charge in [-0.05, 0) is 131 Å². The lowest BCUT2D eigenvalue weighted by Crippen LogP contribution is -2.41. The van der Waals surface area contributed by atoms with E-state index in [2.05, 4.69) is 110 Å². The normalized spacial score (nSPS) is 12.4. The van der Waals surface area contributed by atoms with Crippen LogP contribution in [0.2, 0.25) is 0 Å². The zero-order valence-corrected chi connectivity index (χ0v) is 52.6. The predicted molar refractivity (Wildman–Crippen MR) is 338 cm³/mol. The van der Waals surface area contributed by atoms with Gasteiger partial charge in [-0.15, -0.1) is 0 Å². The van der Waals surface area contributed by atoms with Crippen LogP contribution in [0, 0.1) is 15.5 Å². The van der Waals surface area contributed by atoms with E-state index in [-0.39, 0.29) is 47.9 Å². The highest BCUT2D eigenvalue weighted by atomic mass is 79.9. The zero-order valence-electron chi connectivity index (χ0n) is 47.9. The number of fused-ring (bicyclic) bond motifs is 3. The van der Waals surface area contributed by atoms with Gasteiger partial charge in [0.1, 0.15) is 46.5 Å². The molecule has 1 amide bonds. The van der Waals surface area contributed by atoms with Crippen molar-refractivity contribution < 1.29 is 14.8 Å². The smallest absolute Gasteiger partial charge is 0.381 e. The molecule has 28 heteroatoms. The van der Waals surface area contributed by atoms with Gasteiger partial charge in [0.15, 0.2) is 0 Å². The van der Waals surface area contributed by atoms with Crippen molar-refractivity contribution in [3.63, 3.8) is 0 Å². The molecule has 0 radical (unpaired) electrons. The van der Waals surface area contributed by atoms with Crippen LogP contribution in [0.25, 0.3) is 11.1 Å². The Bertz CT molecular complexity index is 3880. The molecule has 0 fully saturated rings. The number of nitrogen functional groups attached to an aromatic ring is 1. The third kappa shape index (κ3) is 17.2. The van der Waals surface area contributed by atoms with E-state index in [1.165, 1.54) is 37.5 Å². The lowest BCUT2D eigenvalue weighted by Gasteiger charge is -2.31. The molecule has 11 rings (SSSR count). The molecule has 0 saturated carbocycles. The fourth-order valence-corrected chi connectivity index (χ4v) is 10.8. The molecule has 5 N–H and O–H groups in total. The van der Waals surface area contributed by atoms with Crippen LogP contribution in [0.5, 0.6) is 0 Å². The number of nitro groups is 1. The SMILES string of the molecule is C.CCO.CCc1c(-c2cc(Nc3cn(C)cn3)c(=O)n(C)c2)ccnc1N1CCn2c(cc3c2CC(C)(C)C3)C1=O.Cn1cc(Br)cc(Br)c1=O.Cn1cnc(N)c1.Cn1cnc(Nc2cc(Br)cn(C)c2=O)c1.Cn1cnc([N+](=O)[O-])c1. The number of anilines is 6. The van der Waals surface area contributed by atoms with Gasteiger partial charge in [-0.25, -0.2) is 19.9 Å². The number of carbonyl (C=O) groups is 1. The summed E-state index contributed by atoms with van der Waals surface area (Å²) in [6.45, 7) is 9.93. The Morgan fingerprint density at radius 2 is 1.20 bits per heavy atom. The van der Waals surface area contributed by atoms with E-state index in [0.717, 1.165) is 50.7 Å². The number of aliphatic hydroxyl groups excluding tert-OH is 1. The lowest BCUT2D eigenvalue weighted by atomic mass is 9.90. The van der Waals surface area contributed by atoms with E-state index in [0.29, 0.717) is 52.1 Å². The number of rotatable bonds is 8. The first-order valence-corrected chi connectivity index (χ1v) is 28.2. The third-order valence-electron chi connectivity index (χ3n) is 12.6. The van der Waals surface area contributed by atoms with Crippen LogP contribution in [0.15, 0.2) is 133 Å². The van der Waals surface area contributed by atoms with E-state index < -0.39 is 4.92 Å². The molecule has 0 unspecified atom stereocenters. The number of amides is 1. The van der Waals surface area contributed by atoms with E-state index in [9.17, 15) is 29.3 Å². The monoisotopic (exact) mass is 1340 g/mol. The number of hydrogen-bond acceptors (Lipinski definition) is 15. The van der Waals surface area contributed by atoms with Gasteiger partial charge < -0.3 is 68.1 Å². The summed E-state index contributed by atoms with van der Waals surface area (Å²) in [5.41, 5.74) is 12.4. The quantitative estimate of drug-likeness (QED) is 0.0818. The third-order valence-corrected chi connectivity index (χ3v) is 14.0. The van der Waals surface area contributed by atoms with E-state index in [1.807, 2.05) is 59.7 Å². The molecule has 9 aromatic rings. The van der Waals surface area contributed by atoms with Crippen molar-refractivity contribution in [2.45, 2.75) is 60.9 Å². The van der Waals surface area contributed by atoms with Crippen LogP contribution >= 0.6 is 47.8 Å². The minimum Gasteiger partial charge on any atom is -0.397 e. The predicted octanol–water partition coefficient (Wildman–Crippen LogP) is 8.57. The summed E-state index contributed by atoms with van der Waals surface area (Å²) in [4.78, 5) is 81.0. The topological polar surface area (TPSA) is 289 Å². The number of carbonyl (C=O) groups excluding carboxylic acids is 1. The van der Waals surface area contributed by atoms with Gasteiger partial charge in [0.25, 0.3) is 22.6 Å². The molecule has 25 nitrogen and oxygen atoms in total. The highest BCUT2D eigenvalue weighted by molar-refractivity contribution is 9.11. The number of nitrogens with two attached hydrogens (primary N) is 1. The first-order valence-electron chi connectivity index (χ1n) is 25.8. The van der Waals surface area contributed by atoms with Crippen molar-refractivity contribution in [3.8, 4) is 11.1 Å². The minimum atomic E-state index is -0.528. The first kappa shape index (κ1) is 66.6. The van der Waals surface area contributed by atoms with E-state index in [4.69, 9.17) is 15.8 Å². The molecular formula is C56H71Br3N18O7. The minimum absolute atomic E-state index is 0. The Morgan fingerprint density at radius 1 is 0.679 bits per heavy atom. The molecular weight excluding hydrogens is 1280 g/mol. The number of aromatic nitrogens is 13. The Labute approximate surface area is 511 Å². The molecule has 2 aliphatic rings. The molecule has 1 aliphatic carbocycles. The second-order valence-corrected chi connectivity index (χ2v) is 22.8. The average molecular weight is 1350 g/mol. The van der Waals surface area contributed by atoms with Gasteiger partial charge in [-0.1, -0.05) is 28.2 Å². The fraction of sp³-hybridized carbons (Fsp3) is 0.339. The Morgan fingerprint density at radius 3 is 1.68 bits per heavy atom. The highest BCUT2D eigenvalue weighted by Gasteiger charge is 2.37. The van der Waals surface area contributed by atoms with Crippen LogP contribution in [0.3, 0.4) is 0 Å². The van der Waals surface area contributed by atoms with Crippen molar-refractivity contribution in [2.24, 2.45) is 54.7 Å². The summed E-state index contributed by atoms with van der Waals surface area (Å²) in [6.07, 6.45) is 22.9. The van der Waals surface area contributed by atoms with Crippen LogP contribution in [-0.4, -0.2) is 90.5 Å². The molecule has 0 bridgehead atoms. The molecule has 0 spiro atoms. The van der Waals surface area contributed by atoms with E-state index >= 15 is 0 Å². The van der Waals surface area contributed by atoms with Crippen molar-refractivity contribution in [2.75, 3.05) is 34.4 Å². The Hall–Kier alpha value is -8.21. The lowest BCUT2D eigenvalue weighted by molar-refractivity contribution is -0.389. The van der Waals surface area contributed by atoms with Crippen LogP contribution in [0.4, 0.5) is 40.5 Å². The second-order valence-electron chi connectivity index (χ2n) is 20.1. The Kier molecular flexibility index (Phi) is 23.3. The zero-order chi connectivity index (χ0) is 61.0. The van der Waals surface area contributed by atoms with Crippen molar-refractivity contribution >= 4 is 94.2 Å². The second kappa shape index (κ2) is 29.4. The van der Waals surface area contributed by atoms with Gasteiger partial charge in [0.05, 0.1) is 23.5 Å². The molecule has 0 atom stereocenters. The molecule has 1 aliphatic heterocycles. The fourth-order valence-electron chi connectivity index (χ4n) is 8.94. The molecule has 10 heterocycles. The summed E-state index contributed by atoms with van der Waals surface area (Å²) in [5, 5.41) is 23.6. The number of aryl methyl sites for hydroxylation is 7. The Balaban J connectivity index is 0.000000228. The van der Waals surface area contributed by atoms with Crippen molar-refractivity contribution in [3.05, 3.63) is 182 Å². The molecule has 84 heavy (non-hydrogen) atoms.